The van der Waals surface area contributed by atoms with Gasteiger partial charge in [-0.3, -0.25) is 14.5 Å². The summed E-state index contributed by atoms with van der Waals surface area (Å²) in [7, 11) is 4.50. The second-order valence-electron chi connectivity index (χ2n) is 7.26. The topological polar surface area (TPSA) is 91.3 Å². The number of rotatable bonds is 9. The molecule has 0 aliphatic rings. The third kappa shape index (κ3) is 5.96. The second kappa shape index (κ2) is 11.7. The summed E-state index contributed by atoms with van der Waals surface area (Å²) >= 11 is 5.08. The van der Waals surface area contributed by atoms with E-state index in [1.54, 1.807) is 79.8 Å². The van der Waals surface area contributed by atoms with Crippen molar-refractivity contribution in [3.05, 3.63) is 90.3 Å². The van der Waals surface area contributed by atoms with Gasteiger partial charge in [-0.2, -0.15) is 0 Å². The fourth-order valence-corrected chi connectivity index (χ4v) is 3.46. The number of ether oxygens (including phenoxy) is 2. The molecular weight excluding hydrogens is 466 g/mol. The number of amides is 2. The number of aliphatic hydroxyl groups excluding tert-OH is 1. The van der Waals surface area contributed by atoms with Gasteiger partial charge in [-0.05, 0) is 24.3 Å². The maximum absolute atomic E-state index is 13.6. The molecule has 0 spiro atoms. The lowest BCUT2D eigenvalue weighted by molar-refractivity contribution is -0.119. The fourth-order valence-electron chi connectivity index (χ4n) is 3.24. The zero-order chi connectivity index (χ0) is 25.4. The predicted molar refractivity (Wildman–Crippen MR) is 140 cm³/mol. The van der Waals surface area contributed by atoms with E-state index in [9.17, 15) is 14.7 Å². The van der Waals surface area contributed by atoms with Crippen LogP contribution in [0.1, 0.15) is 0 Å². The number of hydrogen-bond acceptors (Lipinski definition) is 7. The molecule has 0 radical (unpaired) electrons. The van der Waals surface area contributed by atoms with E-state index in [4.69, 9.17) is 21.7 Å². The number of aliphatic hydroxyl groups is 1. The smallest absolute Gasteiger partial charge is 0.274 e. The first-order valence-electron chi connectivity index (χ1n) is 10.5. The van der Waals surface area contributed by atoms with Gasteiger partial charge in [0.2, 0.25) is 5.88 Å². The van der Waals surface area contributed by atoms with Gasteiger partial charge < -0.3 is 24.8 Å². The maximum Gasteiger partial charge on any atom is 0.274 e. The monoisotopic (exact) mass is 491 g/mol. The van der Waals surface area contributed by atoms with Crippen LogP contribution >= 0.6 is 12.2 Å². The van der Waals surface area contributed by atoms with Gasteiger partial charge in [0.1, 0.15) is 11.5 Å². The molecule has 0 atom stereocenters. The minimum Gasteiger partial charge on any atom is -0.497 e. The summed E-state index contributed by atoms with van der Waals surface area (Å²) in [6.07, 6.45) is 0. The van der Waals surface area contributed by atoms with Crippen LogP contribution in [0.15, 0.2) is 90.3 Å². The van der Waals surface area contributed by atoms with Crippen LogP contribution in [0.5, 0.6) is 11.5 Å². The van der Waals surface area contributed by atoms with Gasteiger partial charge in [-0.25, -0.2) is 0 Å². The number of carbonyl (C=O) groups is 2. The molecule has 0 aliphatic carbocycles. The first kappa shape index (κ1) is 25.3. The summed E-state index contributed by atoms with van der Waals surface area (Å²) < 4.78 is 10.5. The highest BCUT2D eigenvalue weighted by molar-refractivity contribution is 7.79. The van der Waals surface area contributed by atoms with Crippen molar-refractivity contribution in [2.24, 2.45) is 0 Å². The summed E-state index contributed by atoms with van der Waals surface area (Å²) in [5.74, 6) is -1.33. The molecule has 0 heterocycles. The number of carbonyl (C=O) groups excluding carboxylic acids is 2. The SMILES string of the molecule is COc1cc(NC(=O)C(C(=O)N(C=S)c2ccccc2)=C(O)N(C)c2ccccc2)cc(OC)c1. The van der Waals surface area contributed by atoms with Crippen LogP contribution in [-0.2, 0) is 9.59 Å². The van der Waals surface area contributed by atoms with E-state index in [1.807, 2.05) is 6.07 Å². The van der Waals surface area contributed by atoms with Crippen molar-refractivity contribution < 1.29 is 24.2 Å². The first-order chi connectivity index (χ1) is 16.9. The van der Waals surface area contributed by atoms with Gasteiger partial charge >= 0.3 is 0 Å². The lowest BCUT2D eigenvalue weighted by Crippen LogP contribution is -2.37. The van der Waals surface area contributed by atoms with Crippen LogP contribution in [0.2, 0.25) is 0 Å². The Labute approximate surface area is 209 Å². The molecule has 0 aromatic heterocycles. The Balaban J connectivity index is 2.08. The molecule has 0 saturated carbocycles. The zero-order valence-electron chi connectivity index (χ0n) is 19.5. The molecule has 0 saturated heterocycles. The van der Waals surface area contributed by atoms with Crippen molar-refractivity contribution in [2.75, 3.05) is 36.4 Å². The van der Waals surface area contributed by atoms with E-state index in [0.717, 1.165) is 10.4 Å². The Morgan fingerprint density at radius 1 is 0.886 bits per heavy atom. The summed E-state index contributed by atoms with van der Waals surface area (Å²) in [4.78, 5) is 29.5. The number of nitrogens with zero attached hydrogens (tertiary/aromatic N) is 2. The fraction of sp³-hybridized carbons (Fsp3) is 0.115. The van der Waals surface area contributed by atoms with Crippen LogP contribution in [0.25, 0.3) is 0 Å². The lowest BCUT2D eigenvalue weighted by atomic mass is 10.1. The number of benzene rings is 3. The average molecular weight is 492 g/mol. The Morgan fingerprint density at radius 2 is 1.40 bits per heavy atom. The average Bonchev–Trinajstić information content (AvgIpc) is 2.89. The summed E-state index contributed by atoms with van der Waals surface area (Å²) in [5, 5.41) is 13.8. The van der Waals surface area contributed by atoms with E-state index < -0.39 is 23.3 Å². The second-order valence-corrected chi connectivity index (χ2v) is 7.48. The van der Waals surface area contributed by atoms with Crippen LogP contribution < -0.4 is 24.6 Å². The predicted octanol–water partition coefficient (Wildman–Crippen LogP) is 4.54. The molecule has 9 heteroatoms. The van der Waals surface area contributed by atoms with Crippen molar-refractivity contribution in [2.45, 2.75) is 0 Å². The van der Waals surface area contributed by atoms with Crippen molar-refractivity contribution in [1.82, 2.24) is 0 Å². The third-order valence-electron chi connectivity index (χ3n) is 5.09. The molecule has 3 aromatic rings. The van der Waals surface area contributed by atoms with Crippen LogP contribution in [0.3, 0.4) is 0 Å². The highest BCUT2D eigenvalue weighted by Crippen LogP contribution is 2.27. The maximum atomic E-state index is 13.6. The molecule has 2 N–H and O–H groups in total. The van der Waals surface area contributed by atoms with Gasteiger partial charge in [-0.15, -0.1) is 0 Å². The number of hydrogen-bond donors (Lipinski definition) is 2. The van der Waals surface area contributed by atoms with Gasteiger partial charge in [0.25, 0.3) is 11.8 Å². The summed E-state index contributed by atoms with van der Waals surface area (Å²) in [6, 6.07) is 22.2. The standard InChI is InChI=1S/C26H25N3O5S/c1-28(19-10-6-4-7-11-19)25(31)23(26(32)29(17-35)20-12-8-5-9-13-20)24(30)27-18-14-21(33-2)16-22(15-18)34-3/h4-17,31H,1-3H3,(H,27,30). The molecule has 180 valence electrons. The summed E-state index contributed by atoms with van der Waals surface area (Å²) in [6.45, 7) is 0. The van der Waals surface area contributed by atoms with E-state index >= 15 is 0 Å². The highest BCUT2D eigenvalue weighted by atomic mass is 32.1. The summed E-state index contributed by atoms with van der Waals surface area (Å²) in [5.41, 5.74) is 1.93. The van der Waals surface area contributed by atoms with Crippen molar-refractivity contribution in [3.8, 4) is 11.5 Å². The zero-order valence-corrected chi connectivity index (χ0v) is 20.3. The van der Waals surface area contributed by atoms with E-state index in [0.29, 0.717) is 28.6 Å². The number of thiocarbonyl (C=S) groups is 1. The highest BCUT2D eigenvalue weighted by Gasteiger charge is 2.30. The molecule has 2 amide bonds. The normalized spacial score (nSPS) is 11.1. The Morgan fingerprint density at radius 3 is 1.89 bits per heavy atom. The largest absolute Gasteiger partial charge is 0.497 e. The van der Waals surface area contributed by atoms with Crippen molar-refractivity contribution >= 4 is 46.6 Å². The molecule has 0 aliphatic heterocycles. The molecule has 3 aromatic carbocycles. The van der Waals surface area contributed by atoms with Gasteiger partial charge in [0, 0.05) is 42.3 Å². The molecule has 0 unspecified atom stereocenters. The first-order valence-corrected chi connectivity index (χ1v) is 11.0. The van der Waals surface area contributed by atoms with Crippen LogP contribution in [0, 0.1) is 0 Å². The quantitative estimate of drug-likeness (QED) is 0.149. The van der Waals surface area contributed by atoms with Gasteiger partial charge in [0.05, 0.1) is 19.7 Å². The number of nitrogens with one attached hydrogen (secondary N) is 1. The molecule has 8 nitrogen and oxygen atoms in total. The molecule has 35 heavy (non-hydrogen) atoms. The number of para-hydroxylation sites is 2. The molecule has 0 fully saturated rings. The Bertz CT molecular complexity index is 1210. The van der Waals surface area contributed by atoms with E-state index in [2.05, 4.69) is 5.32 Å². The molecule has 0 bridgehead atoms. The third-order valence-corrected chi connectivity index (χ3v) is 5.30. The molecule has 3 rings (SSSR count). The van der Waals surface area contributed by atoms with Gasteiger partial charge in [-0.1, -0.05) is 48.6 Å². The van der Waals surface area contributed by atoms with Gasteiger partial charge in [0.15, 0.2) is 5.57 Å². The lowest BCUT2D eigenvalue weighted by Gasteiger charge is -2.24. The van der Waals surface area contributed by atoms with E-state index in [-0.39, 0.29) is 0 Å². The number of methoxy groups -OCH3 is 2. The van der Waals surface area contributed by atoms with E-state index in [1.165, 1.54) is 19.1 Å². The Kier molecular flexibility index (Phi) is 8.42. The van der Waals surface area contributed by atoms with Crippen molar-refractivity contribution in [1.29, 1.82) is 0 Å². The number of anilines is 3. The Hall–Kier alpha value is -4.37. The molecular formula is C26H25N3O5S. The van der Waals surface area contributed by atoms with Crippen LogP contribution in [0.4, 0.5) is 17.1 Å². The van der Waals surface area contributed by atoms with Crippen molar-refractivity contribution in [3.63, 3.8) is 0 Å². The minimum atomic E-state index is -0.844. The van der Waals surface area contributed by atoms with Crippen LogP contribution in [-0.4, -0.2) is 43.7 Å². The minimum absolute atomic E-state index is 0.306.